The summed E-state index contributed by atoms with van der Waals surface area (Å²) in [4.78, 5) is 0. The van der Waals surface area contributed by atoms with Crippen molar-refractivity contribution in [1.82, 2.24) is 0 Å². The Morgan fingerprint density at radius 2 is 1.46 bits per heavy atom. The Balaban J connectivity index is 1.75. The minimum absolute atomic E-state index is 0.150. The van der Waals surface area contributed by atoms with Gasteiger partial charge in [-0.05, 0) is 24.5 Å². The van der Waals surface area contributed by atoms with E-state index in [-0.39, 0.29) is 6.04 Å². The number of hydroxylamine groups is 1. The molecule has 2 aromatic rings. The maximum Gasteiger partial charge on any atom is 0.220 e. The van der Waals surface area contributed by atoms with Crippen molar-refractivity contribution >= 4 is 11.8 Å². The zero-order valence-electron chi connectivity index (χ0n) is 13.9. The number of hydrogen-bond donors (Lipinski definition) is 0. The lowest BCUT2D eigenvalue weighted by Crippen LogP contribution is -2.42. The number of nitrogens with zero attached hydrogens (tertiary/aromatic N) is 1. The summed E-state index contributed by atoms with van der Waals surface area (Å²) in [6.07, 6.45) is 8.33. The quantitative estimate of drug-likeness (QED) is 0.553. The molecule has 0 spiro atoms. The van der Waals surface area contributed by atoms with Gasteiger partial charge >= 0.3 is 0 Å². The van der Waals surface area contributed by atoms with Gasteiger partial charge in [0.05, 0.1) is 5.57 Å². The molecule has 2 nitrogen and oxygen atoms in total. The Morgan fingerprint density at radius 3 is 2.12 bits per heavy atom. The van der Waals surface area contributed by atoms with Gasteiger partial charge in [0.15, 0.2) is 0 Å². The average molecular weight is 317 g/mol. The van der Waals surface area contributed by atoms with Crippen LogP contribution in [-0.2, 0) is 0 Å². The third-order valence-corrected chi connectivity index (χ3v) is 5.29. The van der Waals surface area contributed by atoms with E-state index in [2.05, 4.69) is 42.5 Å². The monoisotopic (exact) mass is 317 g/mol. The van der Waals surface area contributed by atoms with E-state index in [4.69, 9.17) is 0 Å². The molecule has 4 rings (SSSR count). The second kappa shape index (κ2) is 6.64. The molecule has 1 heterocycles. The van der Waals surface area contributed by atoms with E-state index >= 15 is 0 Å². The molecule has 2 aliphatic rings. The summed E-state index contributed by atoms with van der Waals surface area (Å²) in [6, 6.07) is 20.4. The lowest BCUT2D eigenvalue weighted by Gasteiger charge is -2.36. The van der Waals surface area contributed by atoms with Gasteiger partial charge in [-0.25, -0.2) is 0 Å². The largest absolute Gasteiger partial charge is 0.623 e. The summed E-state index contributed by atoms with van der Waals surface area (Å²) < 4.78 is 1.28. The van der Waals surface area contributed by atoms with Crippen LogP contribution in [-0.4, -0.2) is 10.5 Å². The topological polar surface area (TPSA) is 26.1 Å². The van der Waals surface area contributed by atoms with E-state index in [0.717, 1.165) is 24.1 Å². The lowest BCUT2D eigenvalue weighted by molar-refractivity contribution is -0.520. The van der Waals surface area contributed by atoms with Crippen LogP contribution in [0.4, 0.5) is 0 Å². The van der Waals surface area contributed by atoms with Crippen molar-refractivity contribution < 1.29 is 4.74 Å². The van der Waals surface area contributed by atoms with Crippen LogP contribution in [0.2, 0.25) is 0 Å². The molecule has 0 amide bonds. The first kappa shape index (κ1) is 15.2. The van der Waals surface area contributed by atoms with Crippen molar-refractivity contribution in [3.05, 3.63) is 82.6 Å². The summed E-state index contributed by atoms with van der Waals surface area (Å²) in [7, 11) is 0. The highest BCUT2D eigenvalue weighted by Crippen LogP contribution is 2.41. The average Bonchev–Trinajstić information content (AvgIpc) is 2.64. The van der Waals surface area contributed by atoms with Crippen molar-refractivity contribution in [3.63, 3.8) is 0 Å². The fraction of sp³-hybridized carbons (Fsp3) is 0.318. The summed E-state index contributed by atoms with van der Waals surface area (Å²) in [6.45, 7) is 0. The Morgan fingerprint density at radius 1 is 0.833 bits per heavy atom. The van der Waals surface area contributed by atoms with Crippen LogP contribution in [0.5, 0.6) is 0 Å². The first-order chi connectivity index (χ1) is 11.8. The molecule has 0 radical (unpaired) electrons. The van der Waals surface area contributed by atoms with Gasteiger partial charge in [0.25, 0.3) is 0 Å². The van der Waals surface area contributed by atoms with Crippen LogP contribution in [0.1, 0.15) is 49.3 Å². The minimum Gasteiger partial charge on any atom is -0.623 e. The molecule has 0 saturated heterocycles. The van der Waals surface area contributed by atoms with Crippen LogP contribution in [0, 0.1) is 11.1 Å². The molecular formula is C22H23NO. The van der Waals surface area contributed by atoms with Crippen LogP contribution < -0.4 is 0 Å². The fourth-order valence-corrected chi connectivity index (χ4v) is 4.09. The molecule has 1 fully saturated rings. The van der Waals surface area contributed by atoms with Crippen molar-refractivity contribution in [2.75, 3.05) is 0 Å². The molecule has 1 aliphatic heterocycles. The Bertz CT molecular complexity index is 755. The third-order valence-electron chi connectivity index (χ3n) is 5.29. The van der Waals surface area contributed by atoms with Crippen LogP contribution in [0.25, 0.3) is 6.08 Å². The van der Waals surface area contributed by atoms with Crippen LogP contribution in [0.3, 0.4) is 0 Å². The van der Waals surface area contributed by atoms with Gasteiger partial charge in [-0.2, -0.15) is 4.74 Å². The van der Waals surface area contributed by atoms with Gasteiger partial charge in [0, 0.05) is 11.5 Å². The Kier molecular flexibility index (Phi) is 4.20. The van der Waals surface area contributed by atoms with E-state index in [1.807, 2.05) is 24.3 Å². The van der Waals surface area contributed by atoms with E-state index in [1.54, 1.807) is 0 Å². The molecule has 24 heavy (non-hydrogen) atoms. The SMILES string of the molecule is [O-][N+]1=C(C2CCCCC2)/C(=C/c2ccccc2)C1c1ccccc1. The number of hydrogen-bond acceptors (Lipinski definition) is 1. The Labute approximate surface area is 143 Å². The molecule has 1 unspecified atom stereocenters. The van der Waals surface area contributed by atoms with Gasteiger partial charge in [0.2, 0.25) is 11.8 Å². The molecule has 2 heteroatoms. The third kappa shape index (κ3) is 2.77. The lowest BCUT2D eigenvalue weighted by atomic mass is 9.76. The first-order valence-corrected chi connectivity index (χ1v) is 9.00. The van der Waals surface area contributed by atoms with Crippen LogP contribution >= 0.6 is 0 Å². The van der Waals surface area contributed by atoms with E-state index in [1.165, 1.54) is 35.1 Å². The molecular weight excluding hydrogens is 294 g/mol. The predicted molar refractivity (Wildman–Crippen MR) is 98.8 cm³/mol. The van der Waals surface area contributed by atoms with Gasteiger partial charge in [-0.1, -0.05) is 79.9 Å². The molecule has 2 aromatic carbocycles. The standard InChI is InChI=1S/C22H23NO/c24-23-21(18-12-6-2-7-13-18)20(16-17-10-4-1-5-11-17)22(23)19-14-8-3-9-15-19/h1-2,4-7,10-13,16,19,21H,3,8-9,14-15H2/b20-16+. The highest BCUT2D eigenvalue weighted by atomic mass is 16.5. The second-order valence-electron chi connectivity index (χ2n) is 6.87. The van der Waals surface area contributed by atoms with Crippen molar-refractivity contribution in [2.24, 2.45) is 5.92 Å². The highest BCUT2D eigenvalue weighted by molar-refractivity contribution is 6.06. The smallest absolute Gasteiger partial charge is 0.220 e. The predicted octanol–water partition coefficient (Wildman–Crippen LogP) is 5.36. The molecule has 0 aromatic heterocycles. The maximum absolute atomic E-state index is 12.9. The van der Waals surface area contributed by atoms with E-state index in [0.29, 0.717) is 5.92 Å². The zero-order valence-corrected chi connectivity index (χ0v) is 13.9. The Hall–Kier alpha value is -2.35. The van der Waals surface area contributed by atoms with E-state index < -0.39 is 0 Å². The second-order valence-corrected chi connectivity index (χ2v) is 6.87. The summed E-state index contributed by atoms with van der Waals surface area (Å²) in [5.74, 6) is 0.436. The first-order valence-electron chi connectivity index (χ1n) is 9.00. The normalized spacial score (nSPS) is 23.3. The van der Waals surface area contributed by atoms with Gasteiger partial charge in [-0.15, -0.1) is 0 Å². The van der Waals surface area contributed by atoms with Gasteiger partial charge in [-0.3, -0.25) is 0 Å². The number of benzene rings is 2. The molecule has 0 bridgehead atoms. The summed E-state index contributed by atoms with van der Waals surface area (Å²) in [5, 5.41) is 12.9. The molecule has 0 N–H and O–H groups in total. The van der Waals surface area contributed by atoms with E-state index in [9.17, 15) is 5.21 Å². The van der Waals surface area contributed by atoms with Crippen molar-refractivity contribution in [3.8, 4) is 0 Å². The van der Waals surface area contributed by atoms with Crippen LogP contribution in [0.15, 0.2) is 66.2 Å². The molecule has 1 saturated carbocycles. The maximum atomic E-state index is 12.9. The van der Waals surface area contributed by atoms with Crippen molar-refractivity contribution in [2.45, 2.75) is 38.1 Å². The fourth-order valence-electron chi connectivity index (χ4n) is 4.09. The summed E-state index contributed by atoms with van der Waals surface area (Å²) >= 11 is 0. The minimum atomic E-state index is -0.150. The molecule has 122 valence electrons. The molecule has 1 atom stereocenters. The molecule has 1 aliphatic carbocycles. The summed E-state index contributed by atoms with van der Waals surface area (Å²) in [5.41, 5.74) is 4.52. The number of rotatable bonds is 3. The van der Waals surface area contributed by atoms with Gasteiger partial charge < -0.3 is 5.21 Å². The van der Waals surface area contributed by atoms with Crippen molar-refractivity contribution in [1.29, 1.82) is 0 Å². The zero-order chi connectivity index (χ0) is 16.4. The van der Waals surface area contributed by atoms with Gasteiger partial charge in [0.1, 0.15) is 0 Å². The highest BCUT2D eigenvalue weighted by Gasteiger charge is 2.45.